The van der Waals surface area contributed by atoms with Gasteiger partial charge in [0.2, 0.25) is 5.91 Å². The van der Waals surface area contributed by atoms with Gasteiger partial charge in [0.25, 0.3) is 0 Å². The molecule has 0 radical (unpaired) electrons. The summed E-state index contributed by atoms with van der Waals surface area (Å²) < 4.78 is 6.10. The molecule has 3 atom stereocenters. The maximum atomic E-state index is 12.1. The summed E-state index contributed by atoms with van der Waals surface area (Å²) in [5.41, 5.74) is 4.46. The Kier molecular flexibility index (Phi) is 5.88. The molecule has 3 unspecified atom stereocenters. The topological polar surface area (TPSA) is 39.7 Å². The van der Waals surface area contributed by atoms with Gasteiger partial charge in [0.15, 0.2) is 5.82 Å². The molecule has 3 heterocycles. The number of carbonyl (C=O) groups excluding carboxylic acids is 1. The van der Waals surface area contributed by atoms with Gasteiger partial charge in [0.1, 0.15) is 0 Å². The van der Waals surface area contributed by atoms with Crippen LogP contribution in [0.25, 0.3) is 10.1 Å². The summed E-state index contributed by atoms with van der Waals surface area (Å²) in [7, 11) is 1.82. The standard InChI is InChI=1S/C26H31ClN4OS.80H2/c1-15-7-6-8-23-25(15)26(28-33-23)30-13-17(3)31(18(4)14-30)16(2)9-19-10-20-11-24(32)29(5)22(20)12-21(19)27;;;;;;;;;;;;;;;;;;;;;;;;;;;;;;;;;;;;;;;;;;;;;;;;;;;;;;;;;;;;;;;;;;;;;;;;;;;;;;;;/h6-8,10,12,16-18H,9,11,13-14H2,1-5H3;80*1H. The fourth-order valence-electron chi connectivity index (χ4n) is 5.84. The fraction of sp³-hybridized carbons (Fsp3) is 0.462. The molecule has 5 rings (SSSR count). The predicted molar refractivity (Wildman–Crippen MR) is 308 cm³/mol. The van der Waals surface area contributed by atoms with Crippen molar-refractivity contribution < 1.29 is 119 Å². The number of hydrogen-bond donors (Lipinski definition) is 0. The number of piperazine rings is 1. The summed E-state index contributed by atoms with van der Waals surface area (Å²) in [6, 6.07) is 11.7. The molecule has 2 aromatic carbocycles. The molecule has 3 aromatic rings. The number of anilines is 2. The average Bonchev–Trinajstić information content (AvgIpc) is 3.30. The largest absolute Gasteiger partial charge is 0.352 e. The molecule has 5 nitrogen and oxygen atoms in total. The van der Waals surface area contributed by atoms with Crippen LogP contribution in [0.15, 0.2) is 30.3 Å². The second-order valence-corrected chi connectivity index (χ2v) is 11.0. The number of halogens is 1. The molecule has 1 fully saturated rings. The SMILES string of the molecule is Cc1cccc2snc(N3CC(C)N(C(C)Cc4cc5c(cc4Cl)N(C)C(=O)C5)C(C)C3)c12.[HH].[HH].[HH].[HH].[HH].[HH].[HH].[HH].[HH].[HH].[HH].[HH].[HH].[HH].[HH].[HH].[HH].[HH].[HH].[HH].[HH].[HH].[HH].[HH].[HH].[HH].[HH].[HH].[HH].[HH].[HH].[HH].[HH].[HH].[HH].[HH].[HH].[HH].[HH].[HH].[HH].[HH].[HH].[HH].[HH].[HH].[HH].[HH].[HH].[HH].[HH].[HH].[HH].[HH].[HH].[HH].[HH].[HH].[HH].[HH].[HH].[HH].[HH].[HH].[HH].[HH].[HH].[HH].[HH].[HH].[HH].[HH].[HH].[HH].[HH].[HH].[HH].[HH].[HH].[HH]. The third-order valence-electron chi connectivity index (χ3n) is 7.32. The summed E-state index contributed by atoms with van der Waals surface area (Å²) in [6.07, 6.45) is 1.34. The Balaban J connectivity index is -0.00000000231. The number of likely N-dealkylation sites (N-methyl/N-ethyl adjacent to an activating group) is 1. The van der Waals surface area contributed by atoms with Crippen molar-refractivity contribution in [2.45, 2.75) is 58.7 Å². The Labute approximate surface area is 323 Å². The minimum absolute atomic E-state index is 0. The molecule has 0 bridgehead atoms. The zero-order valence-electron chi connectivity index (χ0n) is 19.9. The minimum atomic E-state index is 0. The molecule has 2 aliphatic heterocycles. The highest BCUT2D eigenvalue weighted by molar-refractivity contribution is 7.13. The van der Waals surface area contributed by atoms with Crippen LogP contribution in [-0.4, -0.2) is 53.4 Å². The van der Waals surface area contributed by atoms with Gasteiger partial charge >= 0.3 is 0 Å². The lowest BCUT2D eigenvalue weighted by molar-refractivity contribution is -0.117. The number of rotatable bonds is 4. The maximum Gasteiger partial charge on any atom is 0.231 e. The van der Waals surface area contributed by atoms with Crippen molar-refractivity contribution in [2.24, 2.45) is 0 Å². The highest BCUT2D eigenvalue weighted by Gasteiger charge is 2.35. The molecule has 0 N–H and O–H groups in total. The monoisotopic (exact) mass is 643 g/mol. The Morgan fingerprint density at radius 2 is 1.97 bits per heavy atom. The Bertz CT molecular complexity index is 1310. The Morgan fingerprint density at radius 3 is 2.70 bits per heavy atom. The molecule has 334 valence electrons. The van der Waals surface area contributed by atoms with Crippen molar-refractivity contribution in [2.75, 3.05) is 29.9 Å². The molecule has 1 amide bonds. The van der Waals surface area contributed by atoms with Crippen LogP contribution in [0.1, 0.15) is 152 Å². The first-order chi connectivity index (χ1) is 15.7. The van der Waals surface area contributed by atoms with Crippen LogP contribution in [0.2, 0.25) is 5.02 Å². The molecular formula is C26H191ClN4OS. The normalized spacial score (nSPS) is 22.3. The summed E-state index contributed by atoms with van der Waals surface area (Å²) in [5.74, 6) is 1.27. The van der Waals surface area contributed by atoms with Crippen molar-refractivity contribution in [3.63, 3.8) is 0 Å². The van der Waals surface area contributed by atoms with E-state index in [1.807, 2.05) is 13.1 Å². The van der Waals surface area contributed by atoms with E-state index in [1.54, 1.807) is 16.4 Å². The molecule has 1 saturated heterocycles. The number of aryl methyl sites for hydroxylation is 1. The van der Waals surface area contributed by atoms with Crippen molar-refractivity contribution in [1.29, 1.82) is 0 Å². The average molecular weight is 644 g/mol. The lowest BCUT2D eigenvalue weighted by atomic mass is 9.97. The van der Waals surface area contributed by atoms with E-state index in [0.29, 0.717) is 24.5 Å². The molecule has 0 saturated carbocycles. The zero-order valence-corrected chi connectivity index (χ0v) is 21.5. The van der Waals surface area contributed by atoms with Crippen LogP contribution >= 0.6 is 23.1 Å². The van der Waals surface area contributed by atoms with E-state index in [0.717, 1.165) is 47.2 Å². The quantitative estimate of drug-likeness (QED) is 0.283. The van der Waals surface area contributed by atoms with Crippen LogP contribution in [0.5, 0.6) is 0 Å². The number of benzene rings is 2. The number of nitrogens with zero attached hydrogens (tertiary/aromatic N) is 4. The number of carbonyl (C=O) groups is 1. The fourth-order valence-corrected chi connectivity index (χ4v) is 6.95. The zero-order chi connectivity index (χ0) is 23.4. The van der Waals surface area contributed by atoms with Crippen LogP contribution < -0.4 is 9.80 Å². The van der Waals surface area contributed by atoms with Gasteiger partial charge in [0, 0.05) is 168 Å². The first-order valence-electron chi connectivity index (χ1n) is 11.7. The van der Waals surface area contributed by atoms with E-state index in [1.165, 1.54) is 15.6 Å². The van der Waals surface area contributed by atoms with Crippen LogP contribution in [-0.2, 0) is 17.6 Å². The third kappa shape index (κ3) is 3.92. The Morgan fingerprint density at radius 1 is 1.24 bits per heavy atom. The highest BCUT2D eigenvalue weighted by atomic mass is 35.5. The van der Waals surface area contributed by atoms with E-state index in [9.17, 15) is 4.79 Å². The van der Waals surface area contributed by atoms with E-state index in [4.69, 9.17) is 16.0 Å². The summed E-state index contributed by atoms with van der Waals surface area (Å²) in [6.45, 7) is 11.0. The van der Waals surface area contributed by atoms with E-state index >= 15 is 0 Å². The number of fused-ring (bicyclic) bond motifs is 2. The molecule has 0 spiro atoms. The Hall–Kier alpha value is -2.15. The van der Waals surface area contributed by atoms with Crippen molar-refractivity contribution in [3.8, 4) is 0 Å². The van der Waals surface area contributed by atoms with Gasteiger partial charge in [-0.2, -0.15) is 4.37 Å². The van der Waals surface area contributed by atoms with Crippen molar-refractivity contribution in [3.05, 3.63) is 52.0 Å². The molecule has 2 aliphatic rings. The summed E-state index contributed by atoms with van der Waals surface area (Å²) in [4.78, 5) is 18.9. The first-order valence-corrected chi connectivity index (χ1v) is 12.8. The lowest BCUT2D eigenvalue weighted by Crippen LogP contribution is -2.60. The summed E-state index contributed by atoms with van der Waals surface area (Å²) in [5, 5.41) is 2.05. The van der Waals surface area contributed by atoms with Gasteiger partial charge in [0.05, 0.1) is 11.1 Å². The van der Waals surface area contributed by atoms with Gasteiger partial charge < -0.3 is 9.80 Å². The van der Waals surface area contributed by atoms with Gasteiger partial charge in [-0.3, -0.25) is 9.69 Å². The third-order valence-corrected chi connectivity index (χ3v) is 8.48. The molecule has 7 heteroatoms. The van der Waals surface area contributed by atoms with Crippen LogP contribution in [0, 0.1) is 6.92 Å². The van der Waals surface area contributed by atoms with E-state index in [2.05, 4.69) is 61.8 Å². The smallest absolute Gasteiger partial charge is 0.231 e. The maximum absolute atomic E-state index is 12.1. The highest BCUT2D eigenvalue weighted by Crippen LogP contribution is 2.36. The lowest BCUT2D eigenvalue weighted by Gasteiger charge is -2.47. The van der Waals surface area contributed by atoms with Gasteiger partial charge in [-0.25, -0.2) is 0 Å². The minimum Gasteiger partial charge on any atom is -0.352 e. The van der Waals surface area contributed by atoms with Crippen molar-refractivity contribution >= 4 is 50.6 Å². The second-order valence-electron chi connectivity index (χ2n) is 9.76. The number of aromatic nitrogens is 1. The van der Waals surface area contributed by atoms with Crippen LogP contribution in [0.4, 0.5) is 11.5 Å². The summed E-state index contributed by atoms with van der Waals surface area (Å²) >= 11 is 8.26. The second kappa shape index (κ2) is 8.57. The molecule has 1 aromatic heterocycles. The van der Waals surface area contributed by atoms with Crippen LogP contribution in [0.3, 0.4) is 0 Å². The predicted octanol–water partition coefficient (Wildman–Crippen LogP) is 25.0. The van der Waals surface area contributed by atoms with Gasteiger partial charge in [-0.05, 0) is 74.5 Å². The number of hydrogen-bond acceptors (Lipinski definition) is 5. The van der Waals surface area contributed by atoms with Gasteiger partial charge in [-0.1, -0.05) is 29.8 Å². The molecular weight excluding hydrogens is 452 g/mol. The van der Waals surface area contributed by atoms with E-state index < -0.39 is 0 Å². The molecule has 0 aliphatic carbocycles. The number of amides is 1. The first kappa shape index (κ1) is 22.6. The van der Waals surface area contributed by atoms with Crippen molar-refractivity contribution in [1.82, 2.24) is 9.27 Å². The van der Waals surface area contributed by atoms with E-state index in [-0.39, 0.29) is 120 Å². The molecule has 33 heavy (non-hydrogen) atoms. The van der Waals surface area contributed by atoms with Gasteiger partial charge in [-0.15, -0.1) is 0 Å².